The molecule has 1 heterocycles. The number of fused-ring (bicyclic) bond motifs is 1. The summed E-state index contributed by atoms with van der Waals surface area (Å²) in [5.74, 6) is 1.14. The first-order valence-corrected chi connectivity index (χ1v) is 7.75. The van der Waals surface area contributed by atoms with E-state index in [0.29, 0.717) is 18.0 Å². The molecule has 1 aliphatic heterocycles. The molecule has 0 atom stereocenters. The Bertz CT molecular complexity index is 720. The summed E-state index contributed by atoms with van der Waals surface area (Å²) in [5, 5.41) is 2.76. The van der Waals surface area contributed by atoms with Crippen molar-refractivity contribution in [2.75, 3.05) is 0 Å². The van der Waals surface area contributed by atoms with Crippen LogP contribution >= 0.6 is 0 Å². The van der Waals surface area contributed by atoms with Gasteiger partial charge >= 0.3 is 6.09 Å². The molecule has 0 saturated carbocycles. The van der Waals surface area contributed by atoms with Gasteiger partial charge in [-0.2, -0.15) is 0 Å². The number of amides is 1. The molecule has 1 N–H and O–H groups in total. The van der Waals surface area contributed by atoms with Crippen LogP contribution in [0.15, 0.2) is 42.5 Å². The highest BCUT2D eigenvalue weighted by atomic mass is 16.6. The Hall–Kier alpha value is -2.49. The van der Waals surface area contributed by atoms with Crippen molar-refractivity contribution in [3.05, 3.63) is 59.2 Å². The van der Waals surface area contributed by atoms with E-state index in [-0.39, 0.29) is 5.60 Å². The molecule has 4 nitrogen and oxygen atoms in total. The van der Waals surface area contributed by atoms with Gasteiger partial charge in [0.05, 0.1) is 0 Å². The van der Waals surface area contributed by atoms with Crippen LogP contribution in [0.5, 0.6) is 11.5 Å². The molecule has 4 heteroatoms. The lowest BCUT2D eigenvalue weighted by molar-refractivity contribution is 0.133. The third-order valence-corrected chi connectivity index (χ3v) is 3.82. The number of carbonyl (C=O) groups excluding carboxylic acids is 1. The molecule has 23 heavy (non-hydrogen) atoms. The largest absolute Gasteiger partial charge is 0.483 e. The molecule has 0 spiro atoms. The summed E-state index contributed by atoms with van der Waals surface area (Å²) in [6.07, 6.45) is 0.331. The topological polar surface area (TPSA) is 47.6 Å². The van der Waals surface area contributed by atoms with Gasteiger partial charge in [0.1, 0.15) is 5.60 Å². The Morgan fingerprint density at radius 1 is 1.22 bits per heavy atom. The number of hydrogen-bond donors (Lipinski definition) is 1. The number of para-hydroxylation sites is 1. The number of aryl methyl sites for hydroxylation is 1. The van der Waals surface area contributed by atoms with Crippen molar-refractivity contribution in [3.63, 3.8) is 0 Å². The van der Waals surface area contributed by atoms with Gasteiger partial charge in [-0.3, -0.25) is 0 Å². The summed E-state index contributed by atoms with van der Waals surface area (Å²) in [7, 11) is 0. The Morgan fingerprint density at radius 2 is 1.96 bits per heavy atom. The fourth-order valence-electron chi connectivity index (χ4n) is 2.68. The van der Waals surface area contributed by atoms with Crippen molar-refractivity contribution in [1.29, 1.82) is 0 Å². The zero-order valence-electron chi connectivity index (χ0n) is 13.7. The van der Waals surface area contributed by atoms with Crippen molar-refractivity contribution in [2.45, 2.75) is 39.3 Å². The van der Waals surface area contributed by atoms with Gasteiger partial charge < -0.3 is 14.8 Å². The summed E-state index contributed by atoms with van der Waals surface area (Å²) >= 11 is 0. The second-order valence-electron chi connectivity index (χ2n) is 6.51. The second kappa shape index (κ2) is 5.95. The molecule has 0 fully saturated rings. The maximum absolute atomic E-state index is 12.0. The highest BCUT2D eigenvalue weighted by molar-refractivity contribution is 5.72. The van der Waals surface area contributed by atoms with E-state index in [4.69, 9.17) is 9.47 Å². The van der Waals surface area contributed by atoms with E-state index in [1.54, 1.807) is 6.07 Å². The number of nitrogens with one attached hydrogen (secondary N) is 1. The Morgan fingerprint density at radius 3 is 2.70 bits per heavy atom. The quantitative estimate of drug-likeness (QED) is 0.932. The molecule has 0 radical (unpaired) electrons. The first-order valence-electron chi connectivity index (χ1n) is 7.75. The van der Waals surface area contributed by atoms with Gasteiger partial charge in [0.15, 0.2) is 11.5 Å². The van der Waals surface area contributed by atoms with Crippen LogP contribution in [-0.4, -0.2) is 11.7 Å². The molecular weight excluding hydrogens is 290 g/mol. The number of benzene rings is 2. The summed E-state index contributed by atoms with van der Waals surface area (Å²) in [6, 6.07) is 13.6. The number of hydrogen-bond acceptors (Lipinski definition) is 3. The summed E-state index contributed by atoms with van der Waals surface area (Å²) < 4.78 is 11.3. The zero-order valence-corrected chi connectivity index (χ0v) is 13.7. The normalized spacial score (nSPS) is 14.7. The van der Waals surface area contributed by atoms with Crippen LogP contribution < -0.4 is 14.8 Å². The van der Waals surface area contributed by atoms with Gasteiger partial charge in [0.25, 0.3) is 0 Å². The van der Waals surface area contributed by atoms with E-state index in [9.17, 15) is 4.79 Å². The molecule has 0 aromatic heterocycles. The van der Waals surface area contributed by atoms with E-state index in [1.165, 1.54) is 5.56 Å². The van der Waals surface area contributed by atoms with Crippen molar-refractivity contribution in [2.24, 2.45) is 0 Å². The lowest BCUT2D eigenvalue weighted by atomic mass is 10.0. The van der Waals surface area contributed by atoms with Crippen molar-refractivity contribution < 1.29 is 14.3 Å². The first kappa shape index (κ1) is 15.4. The molecule has 120 valence electrons. The summed E-state index contributed by atoms with van der Waals surface area (Å²) in [5.41, 5.74) is 3.03. The molecule has 0 unspecified atom stereocenters. The fraction of sp³-hybridized carbons (Fsp3) is 0.316. The van der Waals surface area contributed by atoms with Crippen LogP contribution in [0.2, 0.25) is 0 Å². The number of rotatable bonds is 3. The maximum atomic E-state index is 12.0. The average Bonchev–Trinajstić information content (AvgIpc) is 2.82. The molecule has 2 aromatic rings. The molecule has 1 amide bonds. The predicted molar refractivity (Wildman–Crippen MR) is 88.9 cm³/mol. The van der Waals surface area contributed by atoms with Crippen LogP contribution in [0.3, 0.4) is 0 Å². The van der Waals surface area contributed by atoms with E-state index >= 15 is 0 Å². The van der Waals surface area contributed by atoms with Crippen molar-refractivity contribution in [3.8, 4) is 11.5 Å². The van der Waals surface area contributed by atoms with Gasteiger partial charge in [-0.15, -0.1) is 0 Å². The molecule has 2 aromatic carbocycles. The summed E-state index contributed by atoms with van der Waals surface area (Å²) in [6.45, 7) is 6.51. The van der Waals surface area contributed by atoms with Gasteiger partial charge in [0.2, 0.25) is 0 Å². The number of ether oxygens (including phenoxy) is 2. The van der Waals surface area contributed by atoms with Gasteiger partial charge in [-0.05, 0) is 32.4 Å². The minimum Gasteiger partial charge on any atom is -0.483 e. The smallest absolute Gasteiger partial charge is 0.413 e. The standard InChI is InChI=1S/C19H21NO3/c1-13-7-9-14(10-8-13)12-20-18(21)22-16-6-4-5-15-11-19(2,3)23-17(15)16/h4-10H,11-12H2,1-3H3,(H,20,21). The molecule has 0 saturated heterocycles. The fourth-order valence-corrected chi connectivity index (χ4v) is 2.68. The van der Waals surface area contributed by atoms with E-state index in [2.05, 4.69) is 5.32 Å². The lowest BCUT2D eigenvalue weighted by Crippen LogP contribution is -2.27. The monoisotopic (exact) mass is 311 g/mol. The van der Waals surface area contributed by atoms with Gasteiger partial charge in [-0.25, -0.2) is 4.79 Å². The zero-order chi connectivity index (χ0) is 16.4. The van der Waals surface area contributed by atoms with E-state index < -0.39 is 6.09 Å². The summed E-state index contributed by atoms with van der Waals surface area (Å²) in [4.78, 5) is 12.0. The molecule has 0 bridgehead atoms. The molecular formula is C19H21NO3. The minimum atomic E-state index is -0.479. The molecule has 3 rings (SSSR count). The Balaban J connectivity index is 1.63. The molecule has 1 aliphatic rings. The van der Waals surface area contributed by atoms with Crippen LogP contribution in [0.1, 0.15) is 30.5 Å². The van der Waals surface area contributed by atoms with Crippen molar-refractivity contribution >= 4 is 6.09 Å². The highest BCUT2D eigenvalue weighted by Crippen LogP contribution is 2.41. The van der Waals surface area contributed by atoms with Crippen molar-refractivity contribution in [1.82, 2.24) is 5.32 Å². The maximum Gasteiger partial charge on any atom is 0.413 e. The lowest BCUT2D eigenvalue weighted by Gasteiger charge is -2.18. The van der Waals surface area contributed by atoms with Crippen LogP contribution in [-0.2, 0) is 13.0 Å². The second-order valence-corrected chi connectivity index (χ2v) is 6.51. The third-order valence-electron chi connectivity index (χ3n) is 3.82. The van der Waals surface area contributed by atoms with E-state index in [1.807, 2.05) is 57.2 Å². The average molecular weight is 311 g/mol. The van der Waals surface area contributed by atoms with Crippen LogP contribution in [0.25, 0.3) is 0 Å². The third kappa shape index (κ3) is 3.65. The van der Waals surface area contributed by atoms with E-state index in [0.717, 1.165) is 17.5 Å². The van der Waals surface area contributed by atoms with Gasteiger partial charge in [-0.1, -0.05) is 42.0 Å². The highest BCUT2D eigenvalue weighted by Gasteiger charge is 2.32. The van der Waals surface area contributed by atoms with Crippen LogP contribution in [0, 0.1) is 6.92 Å². The minimum absolute atomic E-state index is 0.264. The number of carbonyl (C=O) groups is 1. The Labute approximate surface area is 136 Å². The first-order chi connectivity index (χ1) is 10.9. The van der Waals surface area contributed by atoms with Crippen LogP contribution in [0.4, 0.5) is 4.79 Å². The van der Waals surface area contributed by atoms with Gasteiger partial charge in [0, 0.05) is 18.5 Å². The molecule has 0 aliphatic carbocycles. The predicted octanol–water partition coefficient (Wildman–Crippen LogP) is 4.00. The Kier molecular flexibility index (Phi) is 3.99. The SMILES string of the molecule is Cc1ccc(CNC(=O)Oc2cccc3c2OC(C)(C)C3)cc1.